The molecule has 3 aliphatic carbocycles. The van der Waals surface area contributed by atoms with Crippen LogP contribution in [0.2, 0.25) is 0 Å². The van der Waals surface area contributed by atoms with E-state index in [1.165, 1.54) is 4.90 Å². The van der Waals surface area contributed by atoms with Crippen LogP contribution in [0, 0.1) is 11.8 Å². The number of hydrogen-bond acceptors (Lipinski definition) is 11. The Hall–Kier alpha value is -3.94. The van der Waals surface area contributed by atoms with Crippen LogP contribution in [0.1, 0.15) is 38.3 Å². The van der Waals surface area contributed by atoms with Gasteiger partial charge >= 0.3 is 0 Å². The highest BCUT2D eigenvalue weighted by Gasteiger charge is 2.64. The lowest BCUT2D eigenvalue weighted by molar-refractivity contribution is -0.153. The molecule has 1 saturated carbocycles. The van der Waals surface area contributed by atoms with Crippen LogP contribution in [-0.2, 0) is 25.6 Å². The second-order valence-corrected chi connectivity index (χ2v) is 12.7. The number of aliphatic hydroxyl groups is 3. The molecule has 3 aliphatic rings. The van der Waals surface area contributed by atoms with Gasteiger partial charge in [0.1, 0.15) is 22.8 Å². The molecule has 0 spiro atoms. The second-order valence-electron chi connectivity index (χ2n) is 12.7. The van der Waals surface area contributed by atoms with Crippen molar-refractivity contribution in [2.24, 2.45) is 17.6 Å². The van der Waals surface area contributed by atoms with Gasteiger partial charge in [0.15, 0.2) is 11.4 Å². The van der Waals surface area contributed by atoms with Gasteiger partial charge in [0.05, 0.1) is 23.8 Å². The van der Waals surface area contributed by atoms with Crippen molar-refractivity contribution >= 4 is 40.5 Å². The standard InChI is InChI=1S/C29H39N5O8/c1-28(2,3)31-11-17(35)32-15-10-16(33(4)5)13-8-12-9-14-21(34(6)7)24(38)20(27(30)41)26(40)29(14,42)25(39)18(12)23(37)19(13)22(15)36/h10,12,14,21,31,36-37,40,42H,8-9,11H2,1-7H3,(H2,30,41)(H,32,35)/t12-,14-,21-,29+/m1/s1. The van der Waals surface area contributed by atoms with Crippen LogP contribution in [-0.4, -0.2) is 101 Å². The summed E-state index contributed by atoms with van der Waals surface area (Å²) in [6.45, 7) is 5.62. The van der Waals surface area contributed by atoms with Crippen molar-refractivity contribution in [3.63, 3.8) is 0 Å². The van der Waals surface area contributed by atoms with Crippen LogP contribution < -0.4 is 21.3 Å². The number of anilines is 2. The number of aliphatic hydroxyl groups excluding tert-OH is 2. The van der Waals surface area contributed by atoms with E-state index >= 15 is 0 Å². The van der Waals surface area contributed by atoms with E-state index < -0.39 is 69.7 Å². The van der Waals surface area contributed by atoms with Crippen molar-refractivity contribution in [2.45, 2.75) is 50.8 Å². The molecule has 0 saturated heterocycles. The number of amides is 2. The number of primary amides is 1. The maximum atomic E-state index is 14.0. The van der Waals surface area contributed by atoms with Crippen molar-refractivity contribution < 1.29 is 39.6 Å². The Morgan fingerprint density at radius 1 is 1.12 bits per heavy atom. The highest BCUT2D eigenvalue weighted by atomic mass is 16.3. The fourth-order valence-corrected chi connectivity index (χ4v) is 6.33. The van der Waals surface area contributed by atoms with Gasteiger partial charge in [-0.05, 0) is 65.3 Å². The zero-order valence-corrected chi connectivity index (χ0v) is 24.8. The number of fused-ring (bicyclic) bond motifs is 3. The molecule has 0 radical (unpaired) electrons. The SMILES string of the molecule is CN(C)c1cc(NC(=O)CNC(C)(C)C)c(O)c2c1C[C@@H]1C[C@@H]3[C@@H](N(C)C)C(=O)C(C(N)=O)=C(O)[C@@]3(O)C(=O)C1=C2O. The molecule has 1 aromatic rings. The van der Waals surface area contributed by atoms with Crippen LogP contribution >= 0.6 is 0 Å². The molecular weight excluding hydrogens is 546 g/mol. The van der Waals surface area contributed by atoms with Gasteiger partial charge in [-0.1, -0.05) is 0 Å². The van der Waals surface area contributed by atoms with E-state index in [1.807, 2.05) is 20.8 Å². The first kappa shape index (κ1) is 31.0. The first-order valence-corrected chi connectivity index (χ1v) is 13.6. The third-order valence-corrected chi connectivity index (χ3v) is 8.23. The quantitative estimate of drug-likeness (QED) is 0.179. The molecule has 0 aliphatic heterocycles. The predicted octanol–water partition coefficient (Wildman–Crippen LogP) is 0.357. The smallest absolute Gasteiger partial charge is 0.255 e. The van der Waals surface area contributed by atoms with Gasteiger partial charge < -0.3 is 41.7 Å². The van der Waals surface area contributed by atoms with Gasteiger partial charge in [-0.2, -0.15) is 0 Å². The summed E-state index contributed by atoms with van der Waals surface area (Å²) >= 11 is 0. The highest BCUT2D eigenvalue weighted by Crippen LogP contribution is 2.54. The Bertz CT molecular complexity index is 1450. The molecule has 4 atom stereocenters. The molecule has 0 bridgehead atoms. The van der Waals surface area contributed by atoms with E-state index in [0.29, 0.717) is 11.3 Å². The number of phenols is 1. The van der Waals surface area contributed by atoms with E-state index in [1.54, 1.807) is 39.2 Å². The topological polar surface area (TPSA) is 206 Å². The van der Waals surface area contributed by atoms with Crippen LogP contribution in [0.15, 0.2) is 23.0 Å². The minimum absolute atomic E-state index is 0.00158. The van der Waals surface area contributed by atoms with Gasteiger partial charge in [-0.25, -0.2) is 0 Å². The number of hydrogen-bond donors (Lipinski definition) is 7. The monoisotopic (exact) mass is 585 g/mol. The summed E-state index contributed by atoms with van der Waals surface area (Å²) in [7, 11) is 6.58. The number of carbonyl (C=O) groups is 4. The Kier molecular flexibility index (Phi) is 7.68. The minimum atomic E-state index is -2.73. The lowest BCUT2D eigenvalue weighted by Crippen LogP contribution is -2.65. The summed E-state index contributed by atoms with van der Waals surface area (Å²) in [6.07, 6.45) is 0.117. The molecule has 0 aromatic heterocycles. The number of benzene rings is 1. The van der Waals surface area contributed by atoms with Gasteiger partial charge in [0, 0.05) is 36.8 Å². The first-order chi connectivity index (χ1) is 19.3. The molecule has 228 valence electrons. The summed E-state index contributed by atoms with van der Waals surface area (Å²) in [6, 6.07) is 0.409. The second kappa shape index (κ2) is 10.4. The lowest BCUT2D eigenvalue weighted by atomic mass is 9.57. The molecule has 1 fully saturated rings. The van der Waals surface area contributed by atoms with E-state index in [-0.39, 0.29) is 41.7 Å². The summed E-state index contributed by atoms with van der Waals surface area (Å²) < 4.78 is 0. The lowest BCUT2D eigenvalue weighted by Gasteiger charge is -2.50. The number of phenolic OH excluding ortho intramolecular Hbond substituents is 1. The number of nitrogens with zero attached hydrogens (tertiary/aromatic N) is 2. The average Bonchev–Trinajstić information content (AvgIpc) is 2.85. The van der Waals surface area contributed by atoms with E-state index in [2.05, 4.69) is 10.6 Å². The summed E-state index contributed by atoms with van der Waals surface area (Å²) in [5.74, 6) is -7.79. The third-order valence-electron chi connectivity index (χ3n) is 8.23. The number of carbonyl (C=O) groups excluding carboxylic acids is 4. The molecule has 2 amide bonds. The van der Waals surface area contributed by atoms with Crippen molar-refractivity contribution in [2.75, 3.05) is 45.0 Å². The van der Waals surface area contributed by atoms with E-state index in [9.17, 15) is 39.6 Å². The molecule has 4 rings (SSSR count). The zero-order valence-electron chi connectivity index (χ0n) is 24.8. The maximum Gasteiger partial charge on any atom is 0.255 e. The molecular formula is C29H39N5O8. The summed E-state index contributed by atoms with van der Waals surface area (Å²) in [4.78, 5) is 55.3. The first-order valence-electron chi connectivity index (χ1n) is 13.6. The van der Waals surface area contributed by atoms with Crippen molar-refractivity contribution in [3.05, 3.63) is 34.1 Å². The third kappa shape index (κ3) is 4.80. The summed E-state index contributed by atoms with van der Waals surface area (Å²) in [5, 5.41) is 51.3. The molecule has 0 unspecified atom stereocenters. The van der Waals surface area contributed by atoms with Gasteiger partial charge in [0.25, 0.3) is 5.91 Å². The average molecular weight is 586 g/mol. The van der Waals surface area contributed by atoms with Crippen LogP contribution in [0.25, 0.3) is 5.76 Å². The molecule has 13 nitrogen and oxygen atoms in total. The molecule has 42 heavy (non-hydrogen) atoms. The molecule has 8 N–H and O–H groups in total. The minimum Gasteiger partial charge on any atom is -0.508 e. The van der Waals surface area contributed by atoms with E-state index in [4.69, 9.17) is 5.73 Å². The fourth-order valence-electron chi connectivity index (χ4n) is 6.33. The number of rotatable bonds is 6. The number of Topliss-reactive ketones (excluding diaryl/α,β-unsaturated/α-hetero) is 2. The predicted molar refractivity (Wildman–Crippen MR) is 155 cm³/mol. The van der Waals surface area contributed by atoms with Crippen LogP contribution in [0.3, 0.4) is 0 Å². The van der Waals surface area contributed by atoms with Gasteiger partial charge in [0.2, 0.25) is 11.7 Å². The Labute approximate surface area is 243 Å². The molecule has 13 heteroatoms. The maximum absolute atomic E-state index is 14.0. The fraction of sp³-hybridized carbons (Fsp3) is 0.517. The number of nitrogens with two attached hydrogens (primary N) is 1. The Morgan fingerprint density at radius 3 is 2.26 bits per heavy atom. The normalized spacial score (nSPS) is 25.7. The van der Waals surface area contributed by atoms with Gasteiger partial charge in [-0.3, -0.25) is 24.1 Å². The largest absolute Gasteiger partial charge is 0.508 e. The number of aromatic hydroxyl groups is 1. The zero-order chi connectivity index (χ0) is 31.6. The van der Waals surface area contributed by atoms with E-state index in [0.717, 1.165) is 0 Å². The molecule has 0 heterocycles. The number of likely N-dealkylation sites (N-methyl/N-ethyl adjacent to an activating group) is 1. The van der Waals surface area contributed by atoms with Crippen molar-refractivity contribution in [1.82, 2.24) is 10.2 Å². The number of ketones is 2. The Balaban J connectivity index is 1.89. The highest BCUT2D eigenvalue weighted by molar-refractivity contribution is 6.24. The van der Waals surface area contributed by atoms with Crippen LogP contribution in [0.5, 0.6) is 5.75 Å². The number of nitrogens with one attached hydrogen (secondary N) is 2. The van der Waals surface area contributed by atoms with Crippen molar-refractivity contribution in [3.8, 4) is 5.75 Å². The molecule has 1 aromatic carbocycles. The van der Waals surface area contributed by atoms with Gasteiger partial charge in [-0.15, -0.1) is 0 Å². The summed E-state index contributed by atoms with van der Waals surface area (Å²) in [5.41, 5.74) is 2.11. The van der Waals surface area contributed by atoms with Crippen molar-refractivity contribution in [1.29, 1.82) is 0 Å². The van der Waals surface area contributed by atoms with Crippen LogP contribution in [0.4, 0.5) is 11.4 Å². The Morgan fingerprint density at radius 2 is 1.74 bits per heavy atom.